The van der Waals surface area contributed by atoms with Crippen molar-refractivity contribution in [3.63, 3.8) is 0 Å². The Morgan fingerprint density at radius 1 is 1.50 bits per heavy atom. The molecule has 0 saturated heterocycles. The molecule has 0 aromatic heterocycles. The molecule has 0 heterocycles. The molecule has 0 amide bonds. The number of hydrogen-bond acceptors (Lipinski definition) is 2. The highest BCUT2D eigenvalue weighted by Gasteiger charge is 2.00. The fourth-order valence-electron chi connectivity index (χ4n) is 1.02. The van der Waals surface area contributed by atoms with Gasteiger partial charge in [0.1, 0.15) is 11.5 Å². The molecule has 0 bridgehead atoms. The molecule has 1 aromatic carbocycles. The molecule has 2 nitrogen and oxygen atoms in total. The maximum Gasteiger partial charge on any atom is 0.134 e. The Balaban J connectivity index is 2.93. The smallest absolute Gasteiger partial charge is 0.134 e. The van der Waals surface area contributed by atoms with Crippen LogP contribution in [0.1, 0.15) is 12.5 Å². The standard InChI is InChI=1S/C9H9BrO2/c1-6(11)2-7-3-8(10)5-9(12)4-7/h3-5,12H,2H2,1H3. The molecule has 1 N–H and O–H groups in total. The summed E-state index contributed by atoms with van der Waals surface area (Å²) in [4.78, 5) is 10.7. The first-order valence-electron chi connectivity index (χ1n) is 3.56. The molecule has 3 heteroatoms. The molecule has 0 spiro atoms. The topological polar surface area (TPSA) is 37.3 Å². The molecule has 0 unspecified atom stereocenters. The normalized spacial score (nSPS) is 9.83. The van der Waals surface area contributed by atoms with Gasteiger partial charge in [-0.3, -0.25) is 4.79 Å². The second-order valence-corrected chi connectivity index (χ2v) is 3.61. The van der Waals surface area contributed by atoms with Gasteiger partial charge in [0.25, 0.3) is 0 Å². The van der Waals surface area contributed by atoms with E-state index >= 15 is 0 Å². The van der Waals surface area contributed by atoms with Gasteiger partial charge in [-0.15, -0.1) is 0 Å². The number of carbonyl (C=O) groups is 1. The van der Waals surface area contributed by atoms with Crippen LogP contribution in [-0.4, -0.2) is 10.9 Å². The number of rotatable bonds is 2. The third-order valence-electron chi connectivity index (χ3n) is 1.40. The van der Waals surface area contributed by atoms with E-state index in [0.717, 1.165) is 10.0 Å². The second-order valence-electron chi connectivity index (χ2n) is 2.70. The van der Waals surface area contributed by atoms with Crippen molar-refractivity contribution < 1.29 is 9.90 Å². The number of Topliss-reactive ketones (excluding diaryl/α,β-unsaturated/α-hetero) is 1. The Bertz CT molecular complexity index is 287. The molecular weight excluding hydrogens is 220 g/mol. The van der Waals surface area contributed by atoms with Crippen LogP contribution in [0, 0.1) is 0 Å². The summed E-state index contributed by atoms with van der Waals surface area (Å²) in [5, 5.41) is 9.17. The Kier molecular flexibility index (Phi) is 2.87. The zero-order valence-corrected chi connectivity index (χ0v) is 8.26. The van der Waals surface area contributed by atoms with Gasteiger partial charge in [0.2, 0.25) is 0 Å². The first-order valence-corrected chi connectivity index (χ1v) is 4.35. The molecule has 64 valence electrons. The molecule has 0 saturated carbocycles. The van der Waals surface area contributed by atoms with Gasteiger partial charge in [0.05, 0.1) is 0 Å². The van der Waals surface area contributed by atoms with Crippen LogP contribution in [0.2, 0.25) is 0 Å². The van der Waals surface area contributed by atoms with E-state index < -0.39 is 0 Å². The lowest BCUT2D eigenvalue weighted by Crippen LogP contribution is -1.95. The van der Waals surface area contributed by atoms with E-state index in [1.54, 1.807) is 12.1 Å². The second kappa shape index (κ2) is 3.72. The van der Waals surface area contributed by atoms with Crippen molar-refractivity contribution in [1.82, 2.24) is 0 Å². The van der Waals surface area contributed by atoms with Gasteiger partial charge in [0, 0.05) is 10.9 Å². The van der Waals surface area contributed by atoms with Crippen molar-refractivity contribution in [2.75, 3.05) is 0 Å². The summed E-state index contributed by atoms with van der Waals surface area (Å²) < 4.78 is 0.791. The molecule has 0 aliphatic carbocycles. The zero-order chi connectivity index (χ0) is 9.14. The average molecular weight is 229 g/mol. The number of halogens is 1. The van der Waals surface area contributed by atoms with Gasteiger partial charge >= 0.3 is 0 Å². The minimum absolute atomic E-state index is 0.0903. The number of ketones is 1. The summed E-state index contributed by atoms with van der Waals surface area (Å²) in [5.41, 5.74) is 0.828. The summed E-state index contributed by atoms with van der Waals surface area (Å²) in [6.45, 7) is 1.53. The van der Waals surface area contributed by atoms with E-state index in [1.807, 2.05) is 6.07 Å². The van der Waals surface area contributed by atoms with Crippen LogP contribution in [0.5, 0.6) is 5.75 Å². The van der Waals surface area contributed by atoms with Crippen LogP contribution in [0.25, 0.3) is 0 Å². The van der Waals surface area contributed by atoms with Crippen molar-refractivity contribution in [1.29, 1.82) is 0 Å². The van der Waals surface area contributed by atoms with Gasteiger partial charge in [-0.05, 0) is 30.7 Å². The number of phenols is 1. The lowest BCUT2D eigenvalue weighted by atomic mass is 10.1. The van der Waals surface area contributed by atoms with Crippen molar-refractivity contribution in [3.8, 4) is 5.75 Å². The van der Waals surface area contributed by atoms with Gasteiger partial charge in [0.15, 0.2) is 0 Å². The molecule has 0 fully saturated rings. The predicted octanol–water partition coefficient (Wildman–Crippen LogP) is 2.29. The minimum Gasteiger partial charge on any atom is -0.508 e. The van der Waals surface area contributed by atoms with Crippen molar-refractivity contribution in [2.45, 2.75) is 13.3 Å². The molecular formula is C9H9BrO2. The Labute approximate surface area is 79.3 Å². The third kappa shape index (κ3) is 2.66. The van der Waals surface area contributed by atoms with E-state index in [9.17, 15) is 4.79 Å². The fraction of sp³-hybridized carbons (Fsp3) is 0.222. The SMILES string of the molecule is CC(=O)Cc1cc(O)cc(Br)c1. The van der Waals surface area contributed by atoms with Gasteiger partial charge in [-0.2, -0.15) is 0 Å². The molecule has 12 heavy (non-hydrogen) atoms. The van der Waals surface area contributed by atoms with E-state index in [4.69, 9.17) is 5.11 Å². The van der Waals surface area contributed by atoms with Crippen LogP contribution in [0.3, 0.4) is 0 Å². The monoisotopic (exact) mass is 228 g/mol. The molecule has 0 atom stereocenters. The van der Waals surface area contributed by atoms with Crippen LogP contribution in [-0.2, 0) is 11.2 Å². The Hall–Kier alpha value is -0.830. The molecule has 1 rings (SSSR count). The van der Waals surface area contributed by atoms with Crippen LogP contribution >= 0.6 is 15.9 Å². The highest BCUT2D eigenvalue weighted by molar-refractivity contribution is 9.10. The van der Waals surface area contributed by atoms with Crippen molar-refractivity contribution in [2.24, 2.45) is 0 Å². The number of benzene rings is 1. The number of phenolic OH excluding ortho intramolecular Hbond substituents is 1. The maximum absolute atomic E-state index is 10.7. The highest BCUT2D eigenvalue weighted by atomic mass is 79.9. The molecule has 0 radical (unpaired) electrons. The third-order valence-corrected chi connectivity index (χ3v) is 1.85. The largest absolute Gasteiger partial charge is 0.508 e. The zero-order valence-electron chi connectivity index (χ0n) is 6.67. The minimum atomic E-state index is 0.0903. The summed E-state index contributed by atoms with van der Waals surface area (Å²) in [5.74, 6) is 0.271. The Morgan fingerprint density at radius 2 is 2.17 bits per heavy atom. The number of hydrogen-bond donors (Lipinski definition) is 1. The number of aromatic hydroxyl groups is 1. The van der Waals surface area contributed by atoms with E-state index in [0.29, 0.717) is 6.42 Å². The summed E-state index contributed by atoms with van der Waals surface area (Å²) in [7, 11) is 0. The van der Waals surface area contributed by atoms with E-state index in [-0.39, 0.29) is 11.5 Å². The van der Waals surface area contributed by atoms with E-state index in [1.165, 1.54) is 6.92 Å². The van der Waals surface area contributed by atoms with Crippen LogP contribution in [0.4, 0.5) is 0 Å². The van der Waals surface area contributed by atoms with Gasteiger partial charge in [-0.25, -0.2) is 0 Å². The first kappa shape index (κ1) is 9.26. The first-order chi connectivity index (χ1) is 5.58. The number of carbonyl (C=O) groups excluding carboxylic acids is 1. The summed E-state index contributed by atoms with van der Waals surface area (Å²) in [6.07, 6.45) is 0.368. The van der Waals surface area contributed by atoms with Crippen LogP contribution in [0.15, 0.2) is 22.7 Å². The quantitative estimate of drug-likeness (QED) is 0.844. The van der Waals surface area contributed by atoms with Crippen LogP contribution < -0.4 is 0 Å². The highest BCUT2D eigenvalue weighted by Crippen LogP contribution is 2.20. The maximum atomic E-state index is 10.7. The lowest BCUT2D eigenvalue weighted by Gasteiger charge is -1.99. The predicted molar refractivity (Wildman–Crippen MR) is 50.2 cm³/mol. The molecule has 0 aliphatic rings. The van der Waals surface area contributed by atoms with Crippen molar-refractivity contribution in [3.05, 3.63) is 28.2 Å². The fourth-order valence-corrected chi connectivity index (χ4v) is 1.55. The van der Waals surface area contributed by atoms with Gasteiger partial charge in [-0.1, -0.05) is 15.9 Å². The van der Waals surface area contributed by atoms with E-state index in [2.05, 4.69) is 15.9 Å². The Morgan fingerprint density at radius 3 is 2.67 bits per heavy atom. The van der Waals surface area contributed by atoms with Crippen molar-refractivity contribution >= 4 is 21.7 Å². The summed E-state index contributed by atoms with van der Waals surface area (Å²) >= 11 is 3.23. The molecule has 0 aliphatic heterocycles. The lowest BCUT2D eigenvalue weighted by molar-refractivity contribution is -0.116. The average Bonchev–Trinajstić information content (AvgIpc) is 1.81. The summed E-state index contributed by atoms with van der Waals surface area (Å²) in [6, 6.07) is 5.00. The molecule has 1 aromatic rings. The van der Waals surface area contributed by atoms with Gasteiger partial charge < -0.3 is 5.11 Å².